The molecule has 0 aliphatic heterocycles. The Balaban J connectivity index is 1.30. The van der Waals surface area contributed by atoms with Crippen LogP contribution in [0.25, 0.3) is 0 Å². The number of carbonyl (C=O) groups excluding carboxylic acids is 2. The maximum atomic E-state index is 13.0. The van der Waals surface area contributed by atoms with Gasteiger partial charge in [-0.3, -0.25) is 9.59 Å². The van der Waals surface area contributed by atoms with Gasteiger partial charge in [-0.05, 0) is 61.9 Å². The van der Waals surface area contributed by atoms with E-state index in [1.54, 1.807) is 12.1 Å². The molecule has 0 aromatic heterocycles. The zero-order valence-corrected chi connectivity index (χ0v) is 20.6. The summed E-state index contributed by atoms with van der Waals surface area (Å²) in [5.41, 5.74) is -1.86. The Morgan fingerprint density at radius 1 is 1.03 bits per heavy atom. The van der Waals surface area contributed by atoms with Gasteiger partial charge in [0.05, 0.1) is 27.1 Å². The molecule has 2 aromatic rings. The average molecular weight is 545 g/mol. The minimum absolute atomic E-state index is 0.0549. The van der Waals surface area contributed by atoms with E-state index in [1.807, 2.05) is 0 Å². The van der Waals surface area contributed by atoms with Crippen molar-refractivity contribution in [2.45, 2.75) is 56.5 Å². The lowest BCUT2D eigenvalue weighted by Gasteiger charge is -2.55. The van der Waals surface area contributed by atoms with Crippen LogP contribution < -0.4 is 15.4 Å². The zero-order chi connectivity index (χ0) is 26.1. The number of fused-ring (bicyclic) bond motifs is 3. The molecule has 0 saturated heterocycles. The van der Waals surface area contributed by atoms with Crippen molar-refractivity contribution >= 4 is 35.0 Å². The van der Waals surface area contributed by atoms with Gasteiger partial charge in [0, 0.05) is 18.2 Å². The molecule has 3 fully saturated rings. The van der Waals surface area contributed by atoms with Crippen molar-refractivity contribution in [3.63, 3.8) is 0 Å². The van der Waals surface area contributed by atoms with E-state index in [2.05, 4.69) is 10.6 Å². The highest BCUT2D eigenvalue weighted by Gasteiger charge is 2.58. The molecule has 3 aliphatic carbocycles. The Morgan fingerprint density at radius 2 is 1.69 bits per heavy atom. The van der Waals surface area contributed by atoms with Crippen molar-refractivity contribution in [1.29, 1.82) is 0 Å². The van der Waals surface area contributed by atoms with Crippen LogP contribution in [-0.4, -0.2) is 35.2 Å². The van der Waals surface area contributed by atoms with Crippen molar-refractivity contribution < 1.29 is 32.6 Å². The molecule has 36 heavy (non-hydrogen) atoms. The molecule has 1 unspecified atom stereocenters. The molecule has 2 bridgehead atoms. The van der Waals surface area contributed by atoms with E-state index in [0.29, 0.717) is 47.0 Å². The van der Waals surface area contributed by atoms with Crippen LogP contribution in [0.2, 0.25) is 10.0 Å². The third kappa shape index (κ3) is 5.58. The number of amides is 2. The topological polar surface area (TPSA) is 87.7 Å². The van der Waals surface area contributed by atoms with E-state index >= 15 is 0 Å². The van der Waals surface area contributed by atoms with Crippen LogP contribution in [0.1, 0.15) is 43.2 Å². The van der Waals surface area contributed by atoms with Crippen LogP contribution in [0, 0.1) is 5.41 Å². The van der Waals surface area contributed by atoms with Gasteiger partial charge in [0.25, 0.3) is 5.91 Å². The van der Waals surface area contributed by atoms with Gasteiger partial charge < -0.3 is 20.5 Å². The van der Waals surface area contributed by atoms with Crippen molar-refractivity contribution in [1.82, 2.24) is 10.6 Å². The van der Waals surface area contributed by atoms with Crippen LogP contribution >= 0.6 is 23.2 Å². The van der Waals surface area contributed by atoms with E-state index in [1.165, 1.54) is 18.2 Å². The molecule has 3 aliphatic rings. The molecular formula is C25H25Cl2F3N2O4. The quantitative estimate of drug-likeness (QED) is 0.463. The number of hydrogen-bond acceptors (Lipinski definition) is 4. The number of aliphatic hydroxyl groups is 1. The minimum atomic E-state index is -4.42. The first-order valence-corrected chi connectivity index (χ1v) is 12.2. The standard InChI is InChI=1S/C25H25Cl2F3N2O4/c26-18-6-5-17(11-19(18)27)36-14-21(34)32-23-7-9-24(10-8-23,20(33)12-23)22(35)31-13-15-1-3-16(4-2-15)25(28,29)30/h1-6,11,20,33H,7-10,12-14H2,(H,31,35)(H,32,34). The first-order chi connectivity index (χ1) is 16.9. The molecule has 11 heteroatoms. The molecule has 194 valence electrons. The molecule has 1 atom stereocenters. The zero-order valence-electron chi connectivity index (χ0n) is 19.1. The van der Waals surface area contributed by atoms with E-state index in [-0.39, 0.29) is 31.4 Å². The number of ether oxygens (including phenoxy) is 1. The van der Waals surface area contributed by atoms with Gasteiger partial charge in [0.2, 0.25) is 5.91 Å². The van der Waals surface area contributed by atoms with Gasteiger partial charge in [0.1, 0.15) is 5.75 Å². The molecule has 0 spiro atoms. The summed E-state index contributed by atoms with van der Waals surface area (Å²) >= 11 is 11.8. The molecular weight excluding hydrogens is 520 g/mol. The highest BCUT2D eigenvalue weighted by Crippen LogP contribution is 2.52. The van der Waals surface area contributed by atoms with Crippen molar-refractivity contribution in [3.8, 4) is 5.75 Å². The fourth-order valence-corrected chi connectivity index (χ4v) is 5.34. The summed E-state index contributed by atoms with van der Waals surface area (Å²) in [6, 6.07) is 9.26. The first kappa shape index (κ1) is 26.6. The number of alkyl halides is 3. The number of aliphatic hydroxyl groups excluding tert-OH is 1. The van der Waals surface area contributed by atoms with E-state index < -0.39 is 28.8 Å². The molecule has 2 amide bonds. The van der Waals surface area contributed by atoms with Crippen LogP contribution in [-0.2, 0) is 22.3 Å². The third-order valence-corrected chi connectivity index (χ3v) is 7.91. The molecule has 0 radical (unpaired) electrons. The monoisotopic (exact) mass is 544 g/mol. The number of benzene rings is 2. The van der Waals surface area contributed by atoms with E-state index in [4.69, 9.17) is 27.9 Å². The second-order valence-electron chi connectivity index (χ2n) is 9.45. The number of nitrogens with one attached hydrogen (secondary N) is 2. The summed E-state index contributed by atoms with van der Waals surface area (Å²) in [5.74, 6) is -0.292. The maximum Gasteiger partial charge on any atom is 0.416 e. The predicted molar refractivity (Wildman–Crippen MR) is 128 cm³/mol. The molecule has 0 heterocycles. The van der Waals surface area contributed by atoms with E-state index in [9.17, 15) is 27.9 Å². The lowest BCUT2D eigenvalue weighted by Crippen LogP contribution is -2.65. The second-order valence-corrected chi connectivity index (χ2v) is 10.3. The molecule has 3 saturated carbocycles. The van der Waals surface area contributed by atoms with Gasteiger partial charge in [0.15, 0.2) is 6.61 Å². The Labute approximate surface area is 216 Å². The molecule has 3 N–H and O–H groups in total. The fourth-order valence-electron chi connectivity index (χ4n) is 5.05. The van der Waals surface area contributed by atoms with Crippen LogP contribution in [0.3, 0.4) is 0 Å². The highest BCUT2D eigenvalue weighted by molar-refractivity contribution is 6.42. The number of hydrogen-bond donors (Lipinski definition) is 3. The summed E-state index contributed by atoms with van der Waals surface area (Å²) in [7, 11) is 0. The van der Waals surface area contributed by atoms with Gasteiger partial charge in [-0.15, -0.1) is 0 Å². The fraction of sp³-hybridized carbons (Fsp3) is 0.440. The average Bonchev–Trinajstić information content (AvgIpc) is 2.83. The highest BCUT2D eigenvalue weighted by atomic mass is 35.5. The maximum absolute atomic E-state index is 13.0. The Morgan fingerprint density at radius 3 is 2.28 bits per heavy atom. The second kappa shape index (κ2) is 10.1. The molecule has 6 nitrogen and oxygen atoms in total. The predicted octanol–water partition coefficient (Wildman–Crippen LogP) is 4.89. The smallest absolute Gasteiger partial charge is 0.416 e. The lowest BCUT2D eigenvalue weighted by molar-refractivity contribution is -0.156. The Hall–Kier alpha value is -2.49. The van der Waals surface area contributed by atoms with Crippen molar-refractivity contribution in [2.75, 3.05) is 6.61 Å². The van der Waals surface area contributed by atoms with Crippen molar-refractivity contribution in [3.05, 3.63) is 63.6 Å². The molecule has 5 rings (SSSR count). The van der Waals surface area contributed by atoms with Gasteiger partial charge in [-0.2, -0.15) is 13.2 Å². The summed E-state index contributed by atoms with van der Waals surface area (Å²) in [4.78, 5) is 25.6. The number of rotatable bonds is 7. The normalized spacial score (nSPS) is 25.3. The third-order valence-electron chi connectivity index (χ3n) is 7.17. The SMILES string of the molecule is O=C(COc1ccc(Cl)c(Cl)c1)NC12CCC(C(=O)NCc3ccc(C(F)(F)F)cc3)(CC1)C(O)C2. The van der Waals surface area contributed by atoms with Crippen LogP contribution in [0.15, 0.2) is 42.5 Å². The first-order valence-electron chi connectivity index (χ1n) is 11.4. The minimum Gasteiger partial charge on any atom is -0.484 e. The largest absolute Gasteiger partial charge is 0.484 e. The van der Waals surface area contributed by atoms with Crippen molar-refractivity contribution in [2.24, 2.45) is 5.41 Å². The Bertz CT molecular complexity index is 1130. The van der Waals surface area contributed by atoms with Gasteiger partial charge in [-0.25, -0.2) is 0 Å². The number of carbonyl (C=O) groups is 2. The summed E-state index contributed by atoms with van der Waals surface area (Å²) in [6.07, 6.45) is -3.40. The summed E-state index contributed by atoms with van der Waals surface area (Å²) in [5, 5.41) is 17.3. The number of halogens is 5. The lowest BCUT2D eigenvalue weighted by atomic mass is 9.55. The Kier molecular flexibility index (Phi) is 7.46. The van der Waals surface area contributed by atoms with Gasteiger partial charge in [-0.1, -0.05) is 35.3 Å². The van der Waals surface area contributed by atoms with Crippen LogP contribution in [0.4, 0.5) is 13.2 Å². The summed E-state index contributed by atoms with van der Waals surface area (Å²) < 4.78 is 43.7. The molecule has 2 aromatic carbocycles. The van der Waals surface area contributed by atoms with Gasteiger partial charge >= 0.3 is 6.18 Å². The van der Waals surface area contributed by atoms with Crippen LogP contribution in [0.5, 0.6) is 5.75 Å². The van der Waals surface area contributed by atoms with E-state index in [0.717, 1.165) is 12.1 Å². The summed E-state index contributed by atoms with van der Waals surface area (Å²) in [6.45, 7) is -0.187.